The number of aliphatic hydroxyl groups is 1. The second-order valence-corrected chi connectivity index (χ2v) is 4.80. The molecule has 90 valence electrons. The normalized spacial score (nSPS) is 11.4. The van der Waals surface area contributed by atoms with Crippen molar-refractivity contribution >= 4 is 5.69 Å². The van der Waals surface area contributed by atoms with Crippen LogP contribution in [0.2, 0.25) is 0 Å². The first kappa shape index (κ1) is 12.8. The summed E-state index contributed by atoms with van der Waals surface area (Å²) in [6, 6.07) is 4.04. The van der Waals surface area contributed by atoms with Gasteiger partial charge in [0, 0.05) is 6.54 Å². The number of methoxy groups -OCH3 is 1. The van der Waals surface area contributed by atoms with Gasteiger partial charge >= 0.3 is 0 Å². The van der Waals surface area contributed by atoms with Gasteiger partial charge in [0.05, 0.1) is 18.4 Å². The van der Waals surface area contributed by atoms with E-state index in [4.69, 9.17) is 4.74 Å². The van der Waals surface area contributed by atoms with Gasteiger partial charge in [0.2, 0.25) is 0 Å². The zero-order valence-electron chi connectivity index (χ0n) is 10.7. The van der Waals surface area contributed by atoms with Gasteiger partial charge in [0.25, 0.3) is 0 Å². The van der Waals surface area contributed by atoms with Crippen LogP contribution in [0.4, 0.5) is 5.69 Å². The van der Waals surface area contributed by atoms with E-state index in [1.807, 2.05) is 12.1 Å². The van der Waals surface area contributed by atoms with Gasteiger partial charge in [-0.2, -0.15) is 0 Å². The van der Waals surface area contributed by atoms with Crippen molar-refractivity contribution in [3.63, 3.8) is 0 Å². The molecule has 0 aromatic heterocycles. The van der Waals surface area contributed by atoms with E-state index in [0.29, 0.717) is 6.54 Å². The van der Waals surface area contributed by atoms with Crippen LogP contribution in [0, 0.1) is 13.8 Å². The minimum absolute atomic E-state index is 0.492. The molecule has 0 saturated carbocycles. The highest BCUT2D eigenvalue weighted by atomic mass is 16.5. The van der Waals surface area contributed by atoms with Crippen molar-refractivity contribution in [3.05, 3.63) is 23.3 Å². The lowest BCUT2D eigenvalue weighted by molar-refractivity contribution is 0.0945. The van der Waals surface area contributed by atoms with E-state index >= 15 is 0 Å². The van der Waals surface area contributed by atoms with Crippen molar-refractivity contribution in [2.24, 2.45) is 0 Å². The lowest BCUT2D eigenvalue weighted by atomic mass is 10.1. The maximum atomic E-state index is 9.66. The molecule has 0 heterocycles. The Balaban J connectivity index is 2.90. The van der Waals surface area contributed by atoms with E-state index in [2.05, 4.69) is 19.2 Å². The lowest BCUT2D eigenvalue weighted by Crippen LogP contribution is -2.29. The molecule has 1 rings (SSSR count). The van der Waals surface area contributed by atoms with E-state index < -0.39 is 5.60 Å². The molecule has 0 saturated heterocycles. The number of anilines is 1. The lowest BCUT2D eigenvalue weighted by Gasteiger charge is -2.20. The Bertz CT molecular complexity index is 367. The number of ether oxygens (including phenoxy) is 1. The van der Waals surface area contributed by atoms with E-state index in [9.17, 15) is 5.11 Å². The number of aryl methyl sites for hydroxylation is 2. The molecule has 1 aromatic carbocycles. The van der Waals surface area contributed by atoms with Crippen LogP contribution in [-0.2, 0) is 0 Å². The van der Waals surface area contributed by atoms with Crippen LogP contribution >= 0.6 is 0 Å². The van der Waals surface area contributed by atoms with Crippen LogP contribution in [0.1, 0.15) is 25.0 Å². The Morgan fingerprint density at radius 1 is 1.25 bits per heavy atom. The molecule has 16 heavy (non-hydrogen) atoms. The zero-order valence-corrected chi connectivity index (χ0v) is 10.7. The molecule has 0 aliphatic rings. The van der Waals surface area contributed by atoms with Gasteiger partial charge in [-0.15, -0.1) is 0 Å². The summed E-state index contributed by atoms with van der Waals surface area (Å²) < 4.78 is 5.30. The minimum atomic E-state index is -0.732. The first-order valence-electron chi connectivity index (χ1n) is 5.45. The molecule has 0 aliphatic heterocycles. The number of benzene rings is 1. The second-order valence-electron chi connectivity index (χ2n) is 4.80. The van der Waals surface area contributed by atoms with E-state index in [1.165, 1.54) is 11.1 Å². The summed E-state index contributed by atoms with van der Waals surface area (Å²) in [5, 5.41) is 12.9. The summed E-state index contributed by atoms with van der Waals surface area (Å²) >= 11 is 0. The maximum Gasteiger partial charge on any atom is 0.142 e. The van der Waals surface area contributed by atoms with Crippen molar-refractivity contribution in [1.82, 2.24) is 0 Å². The highest BCUT2D eigenvalue weighted by Gasteiger charge is 2.13. The number of hydrogen-bond donors (Lipinski definition) is 2. The molecule has 0 amide bonds. The van der Waals surface area contributed by atoms with Crippen LogP contribution < -0.4 is 10.1 Å². The predicted octanol–water partition coefficient (Wildman–Crippen LogP) is 2.49. The highest BCUT2D eigenvalue weighted by molar-refractivity contribution is 5.60. The monoisotopic (exact) mass is 223 g/mol. The molecule has 0 radical (unpaired) electrons. The van der Waals surface area contributed by atoms with E-state index in [-0.39, 0.29) is 0 Å². The summed E-state index contributed by atoms with van der Waals surface area (Å²) in [6.45, 7) is 8.15. The fourth-order valence-electron chi connectivity index (χ4n) is 1.41. The van der Waals surface area contributed by atoms with Crippen LogP contribution in [0.15, 0.2) is 12.1 Å². The highest BCUT2D eigenvalue weighted by Crippen LogP contribution is 2.28. The smallest absolute Gasteiger partial charge is 0.142 e. The summed E-state index contributed by atoms with van der Waals surface area (Å²) in [6.07, 6.45) is 0. The summed E-state index contributed by atoms with van der Waals surface area (Å²) in [7, 11) is 1.65. The SMILES string of the molecule is COc1cc(C)c(C)cc1NCC(C)(C)O. The molecule has 0 aliphatic carbocycles. The zero-order chi connectivity index (χ0) is 12.3. The van der Waals surface area contributed by atoms with Gasteiger partial charge in [-0.25, -0.2) is 0 Å². The Hall–Kier alpha value is -1.22. The van der Waals surface area contributed by atoms with Crippen LogP contribution in [0.3, 0.4) is 0 Å². The fourth-order valence-corrected chi connectivity index (χ4v) is 1.41. The predicted molar refractivity (Wildman–Crippen MR) is 67.3 cm³/mol. The van der Waals surface area contributed by atoms with Crippen molar-refractivity contribution in [2.45, 2.75) is 33.3 Å². The summed E-state index contributed by atoms with van der Waals surface area (Å²) in [5.41, 5.74) is 2.60. The minimum Gasteiger partial charge on any atom is -0.495 e. The molecule has 2 N–H and O–H groups in total. The second kappa shape index (κ2) is 4.74. The van der Waals surface area contributed by atoms with E-state index in [1.54, 1.807) is 21.0 Å². The molecule has 0 unspecified atom stereocenters. The Kier molecular flexibility index (Phi) is 3.81. The van der Waals surface area contributed by atoms with Crippen molar-refractivity contribution < 1.29 is 9.84 Å². The first-order valence-corrected chi connectivity index (χ1v) is 5.45. The van der Waals surface area contributed by atoms with Crippen molar-refractivity contribution in [3.8, 4) is 5.75 Å². The van der Waals surface area contributed by atoms with Crippen molar-refractivity contribution in [2.75, 3.05) is 19.0 Å². The van der Waals surface area contributed by atoms with Crippen LogP contribution in [0.5, 0.6) is 5.75 Å². The van der Waals surface area contributed by atoms with Crippen LogP contribution in [0.25, 0.3) is 0 Å². The third-order valence-electron chi connectivity index (χ3n) is 2.53. The fraction of sp³-hybridized carbons (Fsp3) is 0.538. The quantitative estimate of drug-likeness (QED) is 0.824. The Morgan fingerprint density at radius 2 is 1.81 bits per heavy atom. The molecule has 0 atom stereocenters. The Morgan fingerprint density at radius 3 is 2.31 bits per heavy atom. The average Bonchev–Trinajstić information content (AvgIpc) is 2.18. The average molecular weight is 223 g/mol. The standard InChI is InChI=1S/C13H21NO2/c1-9-6-11(14-8-13(3,4)15)12(16-5)7-10(9)2/h6-7,14-15H,8H2,1-5H3. The molecular weight excluding hydrogens is 202 g/mol. The molecule has 0 bridgehead atoms. The number of rotatable bonds is 4. The topological polar surface area (TPSA) is 41.5 Å². The van der Waals surface area contributed by atoms with Crippen LogP contribution in [-0.4, -0.2) is 24.4 Å². The molecule has 3 nitrogen and oxygen atoms in total. The third-order valence-corrected chi connectivity index (χ3v) is 2.53. The molecule has 1 aromatic rings. The third kappa shape index (κ3) is 3.42. The number of hydrogen-bond acceptors (Lipinski definition) is 3. The Labute approximate surface area is 97.4 Å². The van der Waals surface area contributed by atoms with Crippen molar-refractivity contribution in [1.29, 1.82) is 0 Å². The van der Waals surface area contributed by atoms with Gasteiger partial charge in [-0.1, -0.05) is 0 Å². The maximum absolute atomic E-state index is 9.66. The van der Waals surface area contributed by atoms with Gasteiger partial charge in [0.1, 0.15) is 5.75 Å². The van der Waals surface area contributed by atoms with Gasteiger partial charge in [-0.3, -0.25) is 0 Å². The number of nitrogens with one attached hydrogen (secondary N) is 1. The molecule has 0 fully saturated rings. The largest absolute Gasteiger partial charge is 0.495 e. The van der Waals surface area contributed by atoms with Gasteiger partial charge in [-0.05, 0) is 51.0 Å². The first-order chi connectivity index (χ1) is 7.33. The molecule has 0 spiro atoms. The molecular formula is C13H21NO2. The van der Waals surface area contributed by atoms with Gasteiger partial charge in [0.15, 0.2) is 0 Å². The summed E-state index contributed by atoms with van der Waals surface area (Å²) in [5.74, 6) is 0.812. The van der Waals surface area contributed by atoms with Gasteiger partial charge < -0.3 is 15.2 Å². The molecule has 3 heteroatoms. The van der Waals surface area contributed by atoms with E-state index in [0.717, 1.165) is 11.4 Å². The summed E-state index contributed by atoms with van der Waals surface area (Å²) in [4.78, 5) is 0.